The minimum Gasteiger partial charge on any atom is -0.492 e. The number of nitrogens with two attached hydrogens (primary N) is 3. The van der Waals surface area contributed by atoms with E-state index in [0.29, 0.717) is 19.7 Å². The third kappa shape index (κ3) is 11.9. The summed E-state index contributed by atoms with van der Waals surface area (Å²) in [6.45, 7) is 6.09. The van der Waals surface area contributed by atoms with Gasteiger partial charge in [0.2, 0.25) is 0 Å². The number of ether oxygens (including phenoxy) is 1. The second-order valence-electron chi connectivity index (χ2n) is 7.15. The molecule has 0 bridgehead atoms. The van der Waals surface area contributed by atoms with E-state index in [-0.39, 0.29) is 34.8 Å². The van der Waals surface area contributed by atoms with Crippen molar-refractivity contribution < 1.29 is 19.4 Å². The topological polar surface area (TPSA) is 190 Å². The number of carboxylic acids is 1. The van der Waals surface area contributed by atoms with E-state index in [9.17, 15) is 9.59 Å². The molecule has 0 atom stereocenters. The van der Waals surface area contributed by atoms with E-state index in [0.717, 1.165) is 30.6 Å². The van der Waals surface area contributed by atoms with Gasteiger partial charge in [-0.05, 0) is 43.9 Å². The zero-order chi connectivity index (χ0) is 25.5. The molecule has 1 aromatic carbocycles. The fourth-order valence-corrected chi connectivity index (χ4v) is 2.51. The fraction of sp³-hybridized carbons (Fsp3) is 0.364. The summed E-state index contributed by atoms with van der Waals surface area (Å²) >= 11 is 5.61. The van der Waals surface area contributed by atoms with Crippen molar-refractivity contribution in [3.05, 3.63) is 52.8 Å². The fourth-order valence-electron chi connectivity index (χ4n) is 2.47. The number of nitrogens with zero attached hydrogens (tertiary/aromatic N) is 2. The van der Waals surface area contributed by atoms with Crippen LogP contribution in [0.5, 0.6) is 5.75 Å². The summed E-state index contributed by atoms with van der Waals surface area (Å²) in [6.07, 6.45) is 2.51. The molecule has 34 heavy (non-hydrogen) atoms. The maximum atomic E-state index is 12.2. The molecular formula is C22H32ClN7O4. The van der Waals surface area contributed by atoms with E-state index >= 15 is 0 Å². The van der Waals surface area contributed by atoms with Crippen LogP contribution in [0, 0.1) is 0 Å². The molecule has 186 valence electrons. The van der Waals surface area contributed by atoms with E-state index in [1.54, 1.807) is 0 Å². The number of amides is 1. The summed E-state index contributed by atoms with van der Waals surface area (Å²) < 4.78 is 5.55. The Morgan fingerprint density at radius 3 is 2.47 bits per heavy atom. The van der Waals surface area contributed by atoms with Crippen LogP contribution in [0.25, 0.3) is 0 Å². The van der Waals surface area contributed by atoms with Gasteiger partial charge in [-0.25, -0.2) is 4.99 Å². The summed E-state index contributed by atoms with van der Waals surface area (Å²) in [5, 5.41) is 13.8. The monoisotopic (exact) mass is 493 g/mol. The Hall–Kier alpha value is -3.57. The molecule has 12 heteroatoms. The van der Waals surface area contributed by atoms with Crippen LogP contribution in [-0.4, -0.2) is 55.0 Å². The van der Waals surface area contributed by atoms with Gasteiger partial charge in [-0.15, -0.1) is 0 Å². The number of aryl methyl sites for hydroxylation is 1. The Morgan fingerprint density at radius 2 is 1.85 bits per heavy atom. The van der Waals surface area contributed by atoms with E-state index < -0.39 is 11.9 Å². The molecule has 0 radical (unpaired) electrons. The van der Waals surface area contributed by atoms with Crippen molar-refractivity contribution in [2.75, 3.05) is 26.2 Å². The minimum absolute atomic E-state index is 0.0176. The number of aliphatic imine (C=N–C) groups is 2. The zero-order valence-corrected chi connectivity index (χ0v) is 19.9. The van der Waals surface area contributed by atoms with Crippen molar-refractivity contribution in [2.24, 2.45) is 27.2 Å². The molecule has 0 saturated carbocycles. The van der Waals surface area contributed by atoms with E-state index in [1.807, 2.05) is 24.3 Å². The minimum atomic E-state index is -0.901. The standard InChI is InChI=1S/C22H32ClN7O4/c1-14(19(24)29-20(25)15(2)23)21(33)30-22(26)28-10-4-3-5-16-6-8-17(9-7-16)34-12-11-27-13-18(31)32/h6-9,27H,2-5,10-13,24H2,1H3,(H2,25,29)(H,31,32)(H3,26,28,30,33)/b19-14+. The predicted molar refractivity (Wildman–Crippen MR) is 134 cm³/mol. The van der Waals surface area contributed by atoms with Crippen LogP contribution in [0.2, 0.25) is 0 Å². The van der Waals surface area contributed by atoms with Gasteiger partial charge in [-0.2, -0.15) is 0 Å². The Bertz CT molecular complexity index is 943. The summed E-state index contributed by atoms with van der Waals surface area (Å²) in [6, 6.07) is 7.71. The largest absolute Gasteiger partial charge is 0.492 e. The van der Waals surface area contributed by atoms with Crippen LogP contribution in [0.15, 0.2) is 57.3 Å². The number of benzene rings is 1. The number of guanidine groups is 1. The zero-order valence-electron chi connectivity index (χ0n) is 19.1. The van der Waals surface area contributed by atoms with Crippen molar-refractivity contribution >= 4 is 35.3 Å². The number of amidine groups is 1. The van der Waals surface area contributed by atoms with Crippen LogP contribution in [-0.2, 0) is 16.0 Å². The maximum absolute atomic E-state index is 12.2. The summed E-state index contributed by atoms with van der Waals surface area (Å²) in [7, 11) is 0. The molecule has 0 unspecified atom stereocenters. The van der Waals surface area contributed by atoms with Gasteiger partial charge >= 0.3 is 5.97 Å². The van der Waals surface area contributed by atoms with Crippen LogP contribution < -0.4 is 32.6 Å². The third-order valence-corrected chi connectivity index (χ3v) is 4.58. The first kappa shape index (κ1) is 28.5. The second kappa shape index (κ2) is 15.3. The molecule has 0 fully saturated rings. The maximum Gasteiger partial charge on any atom is 0.317 e. The molecule has 0 heterocycles. The van der Waals surface area contributed by atoms with Crippen LogP contribution in [0.1, 0.15) is 25.3 Å². The lowest BCUT2D eigenvalue weighted by Gasteiger charge is -2.08. The molecular weight excluding hydrogens is 462 g/mol. The number of halogens is 1. The van der Waals surface area contributed by atoms with Crippen molar-refractivity contribution in [3.8, 4) is 5.75 Å². The lowest BCUT2D eigenvalue weighted by atomic mass is 10.1. The molecule has 1 aromatic rings. The van der Waals surface area contributed by atoms with Gasteiger partial charge in [0.15, 0.2) is 5.96 Å². The molecule has 0 saturated heterocycles. The quantitative estimate of drug-likeness (QED) is 0.0947. The Morgan fingerprint density at radius 1 is 1.18 bits per heavy atom. The van der Waals surface area contributed by atoms with Crippen molar-refractivity contribution in [1.29, 1.82) is 0 Å². The molecule has 0 spiro atoms. The first-order valence-electron chi connectivity index (χ1n) is 10.5. The van der Waals surface area contributed by atoms with Gasteiger partial charge in [0, 0.05) is 13.1 Å². The lowest BCUT2D eigenvalue weighted by molar-refractivity contribution is -0.136. The highest BCUT2D eigenvalue weighted by molar-refractivity contribution is 6.42. The Kier molecular flexibility index (Phi) is 12.8. The number of hydrogen-bond acceptors (Lipinski definition) is 7. The number of rotatable bonds is 14. The van der Waals surface area contributed by atoms with Crippen LogP contribution >= 0.6 is 11.6 Å². The van der Waals surface area contributed by atoms with Gasteiger partial charge in [0.05, 0.1) is 17.2 Å². The number of carbonyl (C=O) groups is 2. The van der Waals surface area contributed by atoms with Gasteiger partial charge in [0.25, 0.3) is 5.91 Å². The smallest absolute Gasteiger partial charge is 0.317 e. The van der Waals surface area contributed by atoms with Gasteiger partial charge in [-0.1, -0.05) is 30.3 Å². The van der Waals surface area contributed by atoms with E-state index in [2.05, 4.69) is 27.2 Å². The van der Waals surface area contributed by atoms with Crippen molar-refractivity contribution in [2.45, 2.75) is 26.2 Å². The number of hydrogen-bond donors (Lipinski definition) is 6. The molecule has 0 aromatic heterocycles. The predicted octanol–water partition coefficient (Wildman–Crippen LogP) is 0.793. The number of carboxylic acid groups (broad SMARTS) is 1. The summed E-state index contributed by atoms with van der Waals surface area (Å²) in [5.74, 6) is -0.927. The second-order valence-corrected chi connectivity index (χ2v) is 7.61. The molecule has 0 aliphatic heterocycles. The number of unbranched alkanes of at least 4 members (excludes halogenated alkanes) is 1. The highest BCUT2D eigenvalue weighted by atomic mass is 35.5. The number of aliphatic carboxylic acids is 1. The van der Waals surface area contributed by atoms with Gasteiger partial charge in [-0.3, -0.25) is 19.9 Å². The van der Waals surface area contributed by atoms with Crippen molar-refractivity contribution in [3.63, 3.8) is 0 Å². The molecule has 0 aliphatic carbocycles. The molecule has 11 nitrogen and oxygen atoms in total. The average molecular weight is 494 g/mol. The SMILES string of the molecule is C=C(Cl)C(N)=N/C(N)=C(\C)C(=O)NC(N)=NCCCCc1ccc(OCCNCC(=O)O)cc1. The van der Waals surface area contributed by atoms with E-state index in [1.165, 1.54) is 6.92 Å². The molecule has 9 N–H and O–H groups in total. The third-order valence-electron chi connectivity index (χ3n) is 4.39. The first-order valence-corrected chi connectivity index (χ1v) is 10.9. The van der Waals surface area contributed by atoms with Crippen LogP contribution in [0.4, 0.5) is 0 Å². The molecule has 1 rings (SSSR count). The first-order chi connectivity index (χ1) is 16.1. The normalized spacial score (nSPS) is 12.6. The van der Waals surface area contributed by atoms with Crippen LogP contribution in [0.3, 0.4) is 0 Å². The Balaban J connectivity index is 2.35. The van der Waals surface area contributed by atoms with Gasteiger partial charge in [0.1, 0.15) is 24.0 Å². The summed E-state index contributed by atoms with van der Waals surface area (Å²) in [5.41, 5.74) is 18.3. The average Bonchev–Trinajstić information content (AvgIpc) is 2.78. The Labute approximate surface area is 203 Å². The number of carbonyl (C=O) groups excluding carboxylic acids is 1. The van der Waals surface area contributed by atoms with Crippen molar-refractivity contribution in [1.82, 2.24) is 10.6 Å². The molecule has 1 amide bonds. The lowest BCUT2D eigenvalue weighted by Crippen LogP contribution is -2.38. The van der Waals surface area contributed by atoms with Gasteiger partial charge < -0.3 is 32.4 Å². The number of nitrogens with one attached hydrogen (secondary N) is 2. The van der Waals surface area contributed by atoms with E-state index in [4.69, 9.17) is 38.6 Å². The summed E-state index contributed by atoms with van der Waals surface area (Å²) in [4.78, 5) is 30.5. The molecule has 0 aliphatic rings. The highest BCUT2D eigenvalue weighted by Crippen LogP contribution is 2.14. The highest BCUT2D eigenvalue weighted by Gasteiger charge is 2.10.